The van der Waals surface area contributed by atoms with Crippen LogP contribution in [-0.2, 0) is 0 Å². The van der Waals surface area contributed by atoms with Crippen LogP contribution in [-0.4, -0.2) is 9.13 Å². The lowest BCUT2D eigenvalue weighted by Gasteiger charge is -2.11. The number of hydrogen-bond acceptors (Lipinski definition) is 1. The fourth-order valence-corrected chi connectivity index (χ4v) is 7.47. The van der Waals surface area contributed by atoms with Gasteiger partial charge < -0.3 is 13.6 Å². The zero-order valence-electron chi connectivity index (χ0n) is 24.3. The molecule has 3 heterocycles. The van der Waals surface area contributed by atoms with Gasteiger partial charge in [0.05, 0.1) is 27.5 Å². The molecule has 10 rings (SSSR count). The van der Waals surface area contributed by atoms with Crippen molar-refractivity contribution in [2.45, 2.75) is 0 Å². The molecule has 0 amide bonds. The molecule has 10 aromatic rings. The molecule has 0 atom stereocenters. The van der Waals surface area contributed by atoms with E-state index < -0.39 is 0 Å². The van der Waals surface area contributed by atoms with Gasteiger partial charge in [0.2, 0.25) is 0 Å². The van der Waals surface area contributed by atoms with Gasteiger partial charge >= 0.3 is 0 Å². The van der Waals surface area contributed by atoms with Gasteiger partial charge in [-0.2, -0.15) is 0 Å². The quantitative estimate of drug-likeness (QED) is 0.206. The van der Waals surface area contributed by atoms with Crippen molar-refractivity contribution in [3.63, 3.8) is 0 Å². The maximum absolute atomic E-state index is 6.84. The number of hydrogen-bond donors (Lipinski definition) is 0. The maximum atomic E-state index is 6.84. The van der Waals surface area contributed by atoms with Crippen molar-refractivity contribution < 1.29 is 4.42 Å². The summed E-state index contributed by atoms with van der Waals surface area (Å²) in [6, 6.07) is 56.3. The minimum absolute atomic E-state index is 0.902. The molecule has 0 unspecified atom stereocenters. The van der Waals surface area contributed by atoms with Crippen molar-refractivity contribution in [2.24, 2.45) is 0 Å². The Morgan fingerprint density at radius 2 is 1.02 bits per heavy atom. The van der Waals surface area contributed by atoms with Crippen molar-refractivity contribution in [3.8, 4) is 22.5 Å². The maximum Gasteiger partial charge on any atom is 0.146 e. The number of nitrogens with zero attached hydrogens (tertiary/aromatic N) is 2. The summed E-state index contributed by atoms with van der Waals surface area (Å²) >= 11 is 0. The fraction of sp³-hybridized carbons (Fsp3) is 0. The Labute approximate surface area is 258 Å². The Bertz CT molecular complexity index is 2730. The summed E-state index contributed by atoms with van der Waals surface area (Å²) < 4.78 is 11.7. The van der Waals surface area contributed by atoms with Crippen LogP contribution in [0.4, 0.5) is 0 Å². The second-order valence-corrected chi connectivity index (χ2v) is 11.7. The van der Waals surface area contributed by atoms with E-state index in [1.165, 1.54) is 43.8 Å². The molecule has 0 aliphatic heterocycles. The molecule has 0 aliphatic carbocycles. The molecule has 3 heteroatoms. The fourth-order valence-electron chi connectivity index (χ4n) is 7.47. The molecular formula is C42H26N2O. The highest BCUT2D eigenvalue weighted by atomic mass is 16.3. The highest BCUT2D eigenvalue weighted by Gasteiger charge is 2.25. The van der Waals surface area contributed by atoms with Crippen molar-refractivity contribution >= 4 is 65.6 Å². The van der Waals surface area contributed by atoms with Crippen LogP contribution in [0, 0.1) is 0 Å². The second kappa shape index (κ2) is 9.22. The average molecular weight is 575 g/mol. The second-order valence-electron chi connectivity index (χ2n) is 11.7. The van der Waals surface area contributed by atoms with Gasteiger partial charge in [-0.05, 0) is 65.7 Å². The van der Waals surface area contributed by atoms with Crippen molar-refractivity contribution in [2.75, 3.05) is 0 Å². The van der Waals surface area contributed by atoms with Gasteiger partial charge in [0, 0.05) is 38.3 Å². The topological polar surface area (TPSA) is 23.0 Å². The lowest BCUT2D eigenvalue weighted by molar-refractivity contribution is 0.673. The Hall–Kier alpha value is -6.06. The lowest BCUT2D eigenvalue weighted by atomic mass is 9.97. The van der Waals surface area contributed by atoms with E-state index >= 15 is 0 Å². The standard InChI is InChI=1S/C42H26N2O/c1-4-14-27(15-5-1)33-26-36-40(42-38(33)31-21-11-13-23-37(31)45-42)32-24-25-35-39(41(32)44(36)29-18-8-3-9-19-29)30-20-10-12-22-34(30)43(35)28-16-6-2-7-17-28/h1-26H. The molecule has 7 aromatic carbocycles. The first-order valence-electron chi connectivity index (χ1n) is 15.4. The van der Waals surface area contributed by atoms with Gasteiger partial charge in [-0.15, -0.1) is 0 Å². The van der Waals surface area contributed by atoms with E-state index in [2.05, 4.69) is 167 Å². The third kappa shape index (κ3) is 3.35. The minimum atomic E-state index is 0.902. The first-order chi connectivity index (χ1) is 22.4. The summed E-state index contributed by atoms with van der Waals surface area (Å²) in [7, 11) is 0. The Morgan fingerprint density at radius 3 is 1.78 bits per heavy atom. The molecule has 0 spiro atoms. The van der Waals surface area contributed by atoms with Crippen LogP contribution in [0.25, 0.3) is 88.1 Å². The number of fused-ring (bicyclic) bond motifs is 11. The van der Waals surface area contributed by atoms with E-state index in [1.807, 2.05) is 0 Å². The molecule has 45 heavy (non-hydrogen) atoms. The van der Waals surface area contributed by atoms with E-state index in [0.717, 1.165) is 44.2 Å². The lowest BCUT2D eigenvalue weighted by Crippen LogP contribution is -1.95. The zero-order chi connectivity index (χ0) is 29.5. The molecule has 3 aromatic heterocycles. The summed E-state index contributed by atoms with van der Waals surface area (Å²) in [6.45, 7) is 0. The molecule has 0 saturated carbocycles. The van der Waals surface area contributed by atoms with Crippen LogP contribution < -0.4 is 0 Å². The SMILES string of the molecule is c1ccc(-c2cc3c(c4ccc5c(c6ccccc6n5-c5ccccc5)c4n3-c3ccccc3)c3oc4ccccc4c23)cc1. The molecule has 0 bridgehead atoms. The van der Waals surface area contributed by atoms with Crippen LogP contribution in [0.3, 0.4) is 0 Å². The van der Waals surface area contributed by atoms with Crippen LogP contribution in [0.1, 0.15) is 0 Å². The van der Waals surface area contributed by atoms with Gasteiger partial charge in [-0.3, -0.25) is 0 Å². The molecular weight excluding hydrogens is 548 g/mol. The highest BCUT2D eigenvalue weighted by molar-refractivity contribution is 6.32. The van der Waals surface area contributed by atoms with Gasteiger partial charge in [0.15, 0.2) is 0 Å². The van der Waals surface area contributed by atoms with Gasteiger partial charge in [-0.1, -0.05) is 103 Å². The van der Waals surface area contributed by atoms with E-state index in [1.54, 1.807) is 0 Å². The largest absolute Gasteiger partial charge is 0.455 e. The molecule has 0 N–H and O–H groups in total. The monoisotopic (exact) mass is 574 g/mol. The Balaban J connectivity index is 1.49. The summed E-state index contributed by atoms with van der Waals surface area (Å²) in [6.07, 6.45) is 0. The highest BCUT2D eigenvalue weighted by Crippen LogP contribution is 2.48. The molecule has 0 radical (unpaired) electrons. The average Bonchev–Trinajstić information content (AvgIpc) is 3.77. The minimum Gasteiger partial charge on any atom is -0.455 e. The van der Waals surface area contributed by atoms with Crippen LogP contribution in [0.2, 0.25) is 0 Å². The van der Waals surface area contributed by atoms with E-state index in [9.17, 15) is 0 Å². The summed E-state index contributed by atoms with van der Waals surface area (Å²) in [5, 5.41) is 7.07. The smallest absolute Gasteiger partial charge is 0.146 e. The van der Waals surface area contributed by atoms with Crippen molar-refractivity contribution in [3.05, 3.63) is 158 Å². The first kappa shape index (κ1) is 24.4. The third-order valence-electron chi connectivity index (χ3n) is 9.29. The van der Waals surface area contributed by atoms with Crippen LogP contribution in [0.15, 0.2) is 162 Å². The van der Waals surface area contributed by atoms with Crippen LogP contribution in [0.5, 0.6) is 0 Å². The van der Waals surface area contributed by atoms with Gasteiger partial charge in [0.1, 0.15) is 11.2 Å². The van der Waals surface area contributed by atoms with E-state index in [0.29, 0.717) is 0 Å². The van der Waals surface area contributed by atoms with Gasteiger partial charge in [-0.25, -0.2) is 0 Å². The number of aromatic nitrogens is 2. The summed E-state index contributed by atoms with van der Waals surface area (Å²) in [5.41, 5.74) is 11.1. The Kier molecular flexibility index (Phi) is 5.00. The summed E-state index contributed by atoms with van der Waals surface area (Å²) in [5.74, 6) is 0. The molecule has 210 valence electrons. The zero-order valence-corrected chi connectivity index (χ0v) is 24.3. The molecule has 0 saturated heterocycles. The predicted molar refractivity (Wildman–Crippen MR) is 188 cm³/mol. The number of rotatable bonds is 3. The summed E-state index contributed by atoms with van der Waals surface area (Å²) in [4.78, 5) is 0. The molecule has 0 fully saturated rings. The normalized spacial score (nSPS) is 12.0. The van der Waals surface area contributed by atoms with E-state index in [-0.39, 0.29) is 0 Å². The molecule has 3 nitrogen and oxygen atoms in total. The number of para-hydroxylation sites is 4. The third-order valence-corrected chi connectivity index (χ3v) is 9.29. The van der Waals surface area contributed by atoms with Crippen molar-refractivity contribution in [1.29, 1.82) is 0 Å². The van der Waals surface area contributed by atoms with E-state index in [4.69, 9.17) is 4.42 Å². The van der Waals surface area contributed by atoms with Crippen LogP contribution >= 0.6 is 0 Å². The first-order valence-corrected chi connectivity index (χ1v) is 15.4. The van der Waals surface area contributed by atoms with Crippen molar-refractivity contribution in [1.82, 2.24) is 9.13 Å². The number of furan rings is 1. The Morgan fingerprint density at radius 1 is 0.400 bits per heavy atom. The predicted octanol–water partition coefficient (Wildman–Crippen LogP) is 11.4. The van der Waals surface area contributed by atoms with Gasteiger partial charge in [0.25, 0.3) is 0 Å². The molecule has 0 aliphatic rings. The number of benzene rings is 7.